The maximum absolute atomic E-state index is 6.31. The highest BCUT2D eigenvalue weighted by molar-refractivity contribution is 6.09. The molecule has 6 heterocycles. The first kappa shape index (κ1) is 74.8. The van der Waals surface area contributed by atoms with Gasteiger partial charge in [-0.1, -0.05) is 334 Å². The number of benzene rings is 18. The second-order valence-electron chi connectivity index (χ2n) is 30.3. The molecular weight excluding hydrogens is 1550 g/mol. The molecule has 594 valence electrons. The number of aromatic nitrogens is 9. The number of ether oxygens (including phenoxy) is 3. The molecule has 3 aliphatic heterocycles. The van der Waals surface area contributed by atoms with E-state index in [1.165, 1.54) is 0 Å². The average Bonchev–Trinajstić information content (AvgIpc) is 0.749. The molecule has 0 radical (unpaired) electrons. The summed E-state index contributed by atoms with van der Waals surface area (Å²) in [5, 5.41) is 6.50. The van der Waals surface area contributed by atoms with Gasteiger partial charge in [-0.05, 0) is 119 Å². The molecule has 0 atom stereocenters. The minimum absolute atomic E-state index is 0.615. The minimum atomic E-state index is 0.615. The molecule has 21 aromatic rings. The van der Waals surface area contributed by atoms with E-state index in [4.69, 9.17) is 59.1 Å². The Kier molecular flexibility index (Phi) is 19.6. The van der Waals surface area contributed by atoms with Crippen molar-refractivity contribution in [3.63, 3.8) is 0 Å². The molecule has 15 heteroatoms. The Bertz CT molecular complexity index is 7100. The van der Waals surface area contributed by atoms with E-state index in [1.54, 1.807) is 0 Å². The van der Waals surface area contributed by atoms with Crippen LogP contribution in [0, 0.1) is 0 Å². The van der Waals surface area contributed by atoms with Gasteiger partial charge in [-0.15, -0.1) is 0 Å². The van der Waals surface area contributed by atoms with E-state index in [1.807, 2.05) is 291 Å². The van der Waals surface area contributed by atoms with E-state index in [0.717, 1.165) is 168 Å². The van der Waals surface area contributed by atoms with Crippen molar-refractivity contribution in [2.45, 2.75) is 0 Å². The third-order valence-corrected chi connectivity index (χ3v) is 22.5. The molecule has 126 heavy (non-hydrogen) atoms. The zero-order chi connectivity index (χ0) is 83.6. The molecule has 3 aliphatic rings. The van der Waals surface area contributed by atoms with Crippen LogP contribution in [0.5, 0.6) is 34.5 Å². The molecule has 0 fully saturated rings. The lowest BCUT2D eigenvalue weighted by Crippen LogP contribution is -2.16. The van der Waals surface area contributed by atoms with Crippen LogP contribution < -0.4 is 28.9 Å². The van der Waals surface area contributed by atoms with Gasteiger partial charge in [-0.25, -0.2) is 44.9 Å². The standard InChI is InChI=1S/3C37H24N4O/c1-3-13-25(14-4-1)35-38-36(26-15-5-2-6-16-26)40-37(39-35)29-19-11-18-28-27(29)17-12-22-30(28)41-31-20-7-9-23-33(31)42-34-24-10-8-21-32(34)41;1-3-13-25(14-4-1)35-38-36(26-15-5-2-6-16-26)40-37(39-35)28-23-27-17-7-8-18-29(27)32(24-28)41-30-19-9-11-21-33(30)42-34-22-12-10-20-31(34)41;1-3-13-25(14-4-1)35-38-36(26-15-5-2-6-16-26)40-37(39-35)29-23-24-30(28-18-8-7-17-27(28)29)41-31-19-9-11-21-33(31)42-34-22-12-10-20-32(34)41/h3*1-24H. The summed E-state index contributed by atoms with van der Waals surface area (Å²) in [5.41, 5.74) is 17.5. The Hall–Kier alpha value is -17.4. The molecule has 0 N–H and O–H groups in total. The van der Waals surface area contributed by atoms with E-state index in [2.05, 4.69) is 160 Å². The van der Waals surface area contributed by atoms with Crippen LogP contribution in [0.4, 0.5) is 51.2 Å². The maximum Gasteiger partial charge on any atom is 0.164 e. The first-order chi connectivity index (χ1) is 62.5. The fourth-order valence-corrected chi connectivity index (χ4v) is 16.6. The van der Waals surface area contributed by atoms with E-state index in [-0.39, 0.29) is 0 Å². The lowest BCUT2D eigenvalue weighted by Gasteiger charge is -2.33. The normalized spacial score (nSPS) is 12.0. The molecule has 18 aromatic carbocycles. The number of fused-ring (bicyclic) bond motifs is 9. The van der Waals surface area contributed by atoms with Crippen LogP contribution in [0.3, 0.4) is 0 Å². The van der Waals surface area contributed by atoms with Crippen LogP contribution in [0.25, 0.3) is 135 Å². The van der Waals surface area contributed by atoms with Crippen molar-refractivity contribution in [2.75, 3.05) is 14.7 Å². The van der Waals surface area contributed by atoms with Gasteiger partial charge in [0, 0.05) is 66.2 Å². The quantitative estimate of drug-likeness (QED) is 0.114. The zero-order valence-corrected chi connectivity index (χ0v) is 67.7. The molecule has 0 spiro atoms. The Balaban J connectivity index is 0.000000112. The molecule has 3 aromatic heterocycles. The molecule has 0 aliphatic carbocycles. The van der Waals surface area contributed by atoms with E-state index < -0.39 is 0 Å². The van der Waals surface area contributed by atoms with Crippen molar-refractivity contribution in [3.8, 4) is 137 Å². The third kappa shape index (κ3) is 14.4. The maximum atomic E-state index is 6.31. The molecule has 0 saturated carbocycles. The molecular formula is C111H72N12O3. The second kappa shape index (κ2) is 32.9. The van der Waals surface area contributed by atoms with Gasteiger partial charge in [0.1, 0.15) is 0 Å². The van der Waals surface area contributed by atoms with Crippen LogP contribution in [-0.4, -0.2) is 44.9 Å². The van der Waals surface area contributed by atoms with Gasteiger partial charge in [0.25, 0.3) is 0 Å². The molecule has 0 bridgehead atoms. The highest BCUT2D eigenvalue weighted by Gasteiger charge is 2.32. The van der Waals surface area contributed by atoms with Gasteiger partial charge in [0.15, 0.2) is 86.9 Å². The number of anilines is 9. The Morgan fingerprint density at radius 1 is 0.143 bits per heavy atom. The summed E-state index contributed by atoms with van der Waals surface area (Å²) in [6, 6.07) is 147. The lowest BCUT2D eigenvalue weighted by molar-refractivity contribution is 0.477. The Labute approximate surface area is 726 Å². The first-order valence-electron chi connectivity index (χ1n) is 41.6. The van der Waals surface area contributed by atoms with E-state index in [9.17, 15) is 0 Å². The largest absolute Gasteiger partial charge is 0.453 e. The lowest BCUT2D eigenvalue weighted by atomic mass is 10.00. The summed E-state index contributed by atoms with van der Waals surface area (Å²) >= 11 is 0. The first-order valence-corrected chi connectivity index (χ1v) is 41.6. The number of rotatable bonds is 12. The molecule has 0 unspecified atom stereocenters. The second-order valence-corrected chi connectivity index (χ2v) is 30.3. The molecule has 15 nitrogen and oxygen atoms in total. The van der Waals surface area contributed by atoms with Gasteiger partial charge >= 0.3 is 0 Å². The van der Waals surface area contributed by atoms with Crippen molar-refractivity contribution in [1.29, 1.82) is 0 Å². The number of hydrogen-bond donors (Lipinski definition) is 0. The van der Waals surface area contributed by atoms with Gasteiger partial charge in [0.2, 0.25) is 0 Å². The SMILES string of the molecule is c1ccc(-c2nc(-c3ccccc3)nc(-c3cc(N4c5ccccc5Oc5ccccc54)c4ccccc4c3)n2)cc1.c1ccc(-c2nc(-c3ccccc3)nc(-c3ccc(N4c5ccccc5Oc5ccccc54)c4ccccc34)n2)cc1.c1ccc(-c2nc(-c3ccccc3)nc(-c3cccc4c(N5c6ccccc6Oc6ccccc65)cccc34)n2)cc1. The molecule has 24 rings (SSSR count). The summed E-state index contributed by atoms with van der Waals surface area (Å²) < 4.78 is 18.9. The fraction of sp³-hybridized carbons (Fsp3) is 0. The number of para-hydroxylation sites is 12. The minimum Gasteiger partial charge on any atom is -0.453 e. The zero-order valence-electron chi connectivity index (χ0n) is 67.7. The van der Waals surface area contributed by atoms with Crippen LogP contribution in [0.1, 0.15) is 0 Å². The summed E-state index contributed by atoms with van der Waals surface area (Å²) in [4.78, 5) is 51.5. The van der Waals surface area contributed by atoms with Crippen LogP contribution in [-0.2, 0) is 0 Å². The number of nitrogens with zero attached hydrogens (tertiary/aromatic N) is 12. The molecule has 0 saturated heterocycles. The summed E-state index contributed by atoms with van der Waals surface area (Å²) in [6.07, 6.45) is 0. The Morgan fingerprint density at radius 3 is 0.722 bits per heavy atom. The highest BCUT2D eigenvalue weighted by atomic mass is 16.5. The predicted molar refractivity (Wildman–Crippen MR) is 505 cm³/mol. The van der Waals surface area contributed by atoms with Crippen LogP contribution >= 0.6 is 0 Å². The summed E-state index contributed by atoms with van der Waals surface area (Å²) in [5.74, 6) is 10.6. The van der Waals surface area contributed by atoms with Crippen molar-refractivity contribution in [2.24, 2.45) is 0 Å². The van der Waals surface area contributed by atoms with Crippen molar-refractivity contribution >= 4 is 83.5 Å². The summed E-state index contributed by atoms with van der Waals surface area (Å²) in [7, 11) is 0. The van der Waals surface area contributed by atoms with Crippen molar-refractivity contribution in [3.05, 3.63) is 437 Å². The van der Waals surface area contributed by atoms with Gasteiger partial charge in [-0.3, -0.25) is 0 Å². The Morgan fingerprint density at radius 2 is 0.373 bits per heavy atom. The third-order valence-electron chi connectivity index (χ3n) is 22.5. The van der Waals surface area contributed by atoms with Crippen molar-refractivity contribution < 1.29 is 14.2 Å². The molecule has 0 amide bonds. The summed E-state index contributed by atoms with van der Waals surface area (Å²) in [6.45, 7) is 0. The topological polar surface area (TPSA) is 153 Å². The van der Waals surface area contributed by atoms with Crippen LogP contribution in [0.2, 0.25) is 0 Å². The van der Waals surface area contributed by atoms with E-state index >= 15 is 0 Å². The number of hydrogen-bond acceptors (Lipinski definition) is 15. The fourth-order valence-electron chi connectivity index (χ4n) is 16.6. The van der Waals surface area contributed by atoms with E-state index in [0.29, 0.717) is 52.4 Å². The average molecular weight is 1620 g/mol. The predicted octanol–water partition coefficient (Wildman–Crippen LogP) is 28.8. The van der Waals surface area contributed by atoms with Crippen LogP contribution in [0.15, 0.2) is 437 Å². The smallest absolute Gasteiger partial charge is 0.164 e. The van der Waals surface area contributed by atoms with Gasteiger partial charge in [-0.2, -0.15) is 0 Å². The highest BCUT2D eigenvalue weighted by Crippen LogP contribution is 2.56. The van der Waals surface area contributed by atoms with Gasteiger partial charge in [0.05, 0.1) is 51.2 Å². The van der Waals surface area contributed by atoms with Crippen molar-refractivity contribution in [1.82, 2.24) is 44.9 Å². The monoisotopic (exact) mass is 1620 g/mol. The van der Waals surface area contributed by atoms with Gasteiger partial charge < -0.3 is 28.9 Å².